The second kappa shape index (κ2) is 6.55. The maximum Gasteiger partial charge on any atom is 0.321 e. The maximum atomic E-state index is 11.2. The molecule has 8 heteroatoms. The van der Waals surface area contributed by atoms with Crippen LogP contribution >= 0.6 is 27.7 Å². The molecule has 1 atom stereocenters. The second-order valence-electron chi connectivity index (χ2n) is 4.43. The van der Waals surface area contributed by atoms with Crippen molar-refractivity contribution in [3.05, 3.63) is 38.3 Å². The average Bonchev–Trinajstić information content (AvgIpc) is 2.41. The van der Waals surface area contributed by atoms with Crippen LogP contribution in [0.3, 0.4) is 0 Å². The Kier molecular flexibility index (Phi) is 5.00. The maximum absolute atomic E-state index is 11.2. The number of nitro benzene ring substituents is 1. The Hall–Kier alpha value is -1.12. The van der Waals surface area contributed by atoms with Crippen molar-refractivity contribution in [1.82, 2.24) is 4.90 Å². The number of thioether (sulfide) groups is 1. The minimum absolute atomic E-state index is 0.0155. The molecule has 1 saturated heterocycles. The number of carboxylic acids is 1. The molecule has 0 radical (unpaired) electrons. The predicted molar refractivity (Wildman–Crippen MR) is 80.0 cm³/mol. The fourth-order valence-corrected chi connectivity index (χ4v) is 3.57. The van der Waals surface area contributed by atoms with Crippen LogP contribution in [0.4, 0.5) is 5.69 Å². The fraction of sp³-hybridized carbons (Fsp3) is 0.417. The molecule has 0 aromatic heterocycles. The van der Waals surface area contributed by atoms with Crippen molar-refractivity contribution >= 4 is 39.3 Å². The molecule has 1 aliphatic heterocycles. The summed E-state index contributed by atoms with van der Waals surface area (Å²) in [5.41, 5.74) is 0.554. The van der Waals surface area contributed by atoms with Gasteiger partial charge in [-0.3, -0.25) is 19.8 Å². The van der Waals surface area contributed by atoms with E-state index in [-0.39, 0.29) is 12.2 Å². The monoisotopic (exact) mass is 360 g/mol. The van der Waals surface area contributed by atoms with E-state index in [4.69, 9.17) is 0 Å². The molecule has 1 fully saturated rings. The van der Waals surface area contributed by atoms with Crippen molar-refractivity contribution in [2.75, 3.05) is 18.1 Å². The molecule has 20 heavy (non-hydrogen) atoms. The summed E-state index contributed by atoms with van der Waals surface area (Å²) in [4.78, 5) is 23.7. The lowest BCUT2D eigenvalue weighted by molar-refractivity contribution is -0.385. The average molecular weight is 361 g/mol. The van der Waals surface area contributed by atoms with Gasteiger partial charge in [0.05, 0.1) is 4.92 Å². The van der Waals surface area contributed by atoms with Gasteiger partial charge in [-0.15, -0.1) is 0 Å². The van der Waals surface area contributed by atoms with Crippen molar-refractivity contribution in [3.63, 3.8) is 0 Å². The number of aliphatic carboxylic acids is 1. The van der Waals surface area contributed by atoms with E-state index in [0.29, 0.717) is 22.3 Å². The van der Waals surface area contributed by atoms with Crippen molar-refractivity contribution in [2.24, 2.45) is 0 Å². The number of nitrogens with zero attached hydrogens (tertiary/aromatic N) is 2. The van der Waals surface area contributed by atoms with Gasteiger partial charge in [-0.2, -0.15) is 11.8 Å². The summed E-state index contributed by atoms with van der Waals surface area (Å²) >= 11 is 4.80. The molecule has 0 amide bonds. The number of carboxylic acid groups (broad SMARTS) is 1. The molecular weight excluding hydrogens is 348 g/mol. The zero-order valence-corrected chi connectivity index (χ0v) is 12.9. The summed E-state index contributed by atoms with van der Waals surface area (Å²) < 4.78 is 0.636. The van der Waals surface area contributed by atoms with Crippen LogP contribution in [0, 0.1) is 10.1 Å². The standard InChI is InChI=1S/C12H13BrN2O4S/c13-9-2-1-8(10(5-9)15(18)19)6-14-3-4-20-7-11(14)12(16)17/h1-2,5,11H,3-4,6-7H2,(H,16,17). The molecule has 1 N–H and O–H groups in total. The first-order valence-corrected chi connectivity index (χ1v) is 7.91. The lowest BCUT2D eigenvalue weighted by Gasteiger charge is -2.32. The minimum atomic E-state index is -0.878. The molecule has 0 bridgehead atoms. The summed E-state index contributed by atoms with van der Waals surface area (Å²) in [7, 11) is 0. The highest BCUT2D eigenvalue weighted by Gasteiger charge is 2.30. The Balaban J connectivity index is 2.24. The SMILES string of the molecule is O=C(O)C1CSCCN1Cc1ccc(Br)cc1[N+](=O)[O-]. The second-order valence-corrected chi connectivity index (χ2v) is 6.50. The van der Waals surface area contributed by atoms with Gasteiger partial charge in [0.15, 0.2) is 0 Å². The van der Waals surface area contributed by atoms with Gasteiger partial charge in [-0.25, -0.2) is 0 Å². The molecule has 6 nitrogen and oxygen atoms in total. The molecule has 0 spiro atoms. The highest BCUT2D eigenvalue weighted by molar-refractivity contribution is 9.10. The van der Waals surface area contributed by atoms with Gasteiger partial charge in [-0.1, -0.05) is 15.9 Å². The Morgan fingerprint density at radius 2 is 2.35 bits per heavy atom. The molecular formula is C12H13BrN2O4S. The number of hydrogen-bond acceptors (Lipinski definition) is 5. The molecule has 1 unspecified atom stereocenters. The summed E-state index contributed by atoms with van der Waals surface area (Å²) in [6.07, 6.45) is 0. The number of benzene rings is 1. The third-order valence-electron chi connectivity index (χ3n) is 3.14. The molecule has 0 aliphatic carbocycles. The van der Waals surface area contributed by atoms with Crippen molar-refractivity contribution < 1.29 is 14.8 Å². The molecule has 1 aliphatic rings. The number of halogens is 1. The van der Waals surface area contributed by atoms with Crippen LogP contribution in [-0.2, 0) is 11.3 Å². The third kappa shape index (κ3) is 3.50. The first-order valence-electron chi connectivity index (χ1n) is 5.96. The van der Waals surface area contributed by atoms with E-state index in [1.54, 1.807) is 28.8 Å². The van der Waals surface area contributed by atoms with Crippen LogP contribution in [0.25, 0.3) is 0 Å². The van der Waals surface area contributed by atoms with Gasteiger partial charge in [0.1, 0.15) is 6.04 Å². The minimum Gasteiger partial charge on any atom is -0.480 e. The van der Waals surface area contributed by atoms with E-state index in [1.165, 1.54) is 6.07 Å². The summed E-state index contributed by atoms with van der Waals surface area (Å²) in [5, 5.41) is 20.3. The van der Waals surface area contributed by atoms with Crippen LogP contribution in [0.1, 0.15) is 5.56 Å². The van der Waals surface area contributed by atoms with Gasteiger partial charge >= 0.3 is 5.97 Å². The van der Waals surface area contributed by atoms with E-state index in [0.717, 1.165) is 5.75 Å². The Morgan fingerprint density at radius 3 is 3.00 bits per heavy atom. The Bertz CT molecular complexity index is 540. The van der Waals surface area contributed by atoms with Crippen LogP contribution in [-0.4, -0.2) is 45.0 Å². The van der Waals surface area contributed by atoms with E-state index < -0.39 is 16.9 Å². The molecule has 1 heterocycles. The molecule has 108 valence electrons. The van der Waals surface area contributed by atoms with Crippen LogP contribution in [0.5, 0.6) is 0 Å². The van der Waals surface area contributed by atoms with Crippen LogP contribution in [0.2, 0.25) is 0 Å². The fourth-order valence-electron chi connectivity index (χ4n) is 2.11. The molecule has 1 aromatic rings. The van der Waals surface area contributed by atoms with Crippen molar-refractivity contribution in [2.45, 2.75) is 12.6 Å². The van der Waals surface area contributed by atoms with Crippen LogP contribution in [0.15, 0.2) is 22.7 Å². The first-order chi connectivity index (χ1) is 9.49. The summed E-state index contributed by atoms with van der Waals surface area (Å²) in [5.74, 6) is 0.477. The zero-order valence-electron chi connectivity index (χ0n) is 10.5. The Labute approximate surface area is 128 Å². The van der Waals surface area contributed by atoms with Gasteiger partial charge < -0.3 is 5.11 Å². The zero-order chi connectivity index (χ0) is 14.7. The van der Waals surface area contributed by atoms with E-state index in [9.17, 15) is 20.0 Å². The Morgan fingerprint density at radius 1 is 1.60 bits per heavy atom. The largest absolute Gasteiger partial charge is 0.480 e. The lowest BCUT2D eigenvalue weighted by Crippen LogP contribution is -2.46. The summed E-state index contributed by atoms with van der Waals surface area (Å²) in [6.45, 7) is 0.899. The van der Waals surface area contributed by atoms with E-state index >= 15 is 0 Å². The van der Waals surface area contributed by atoms with Gasteiger partial charge in [0.25, 0.3) is 5.69 Å². The van der Waals surface area contributed by atoms with E-state index in [2.05, 4.69) is 15.9 Å². The van der Waals surface area contributed by atoms with E-state index in [1.807, 2.05) is 0 Å². The number of nitro groups is 1. The highest BCUT2D eigenvalue weighted by atomic mass is 79.9. The molecule has 2 rings (SSSR count). The molecule has 0 saturated carbocycles. The third-order valence-corrected chi connectivity index (χ3v) is 4.66. The normalized spacial score (nSPS) is 19.8. The highest BCUT2D eigenvalue weighted by Crippen LogP contribution is 2.27. The smallest absolute Gasteiger partial charge is 0.321 e. The number of carbonyl (C=O) groups is 1. The summed E-state index contributed by atoms with van der Waals surface area (Å²) in [6, 6.07) is 4.26. The number of hydrogen-bond donors (Lipinski definition) is 1. The quantitative estimate of drug-likeness (QED) is 0.655. The number of rotatable bonds is 4. The lowest BCUT2D eigenvalue weighted by atomic mass is 10.1. The molecule has 1 aromatic carbocycles. The van der Waals surface area contributed by atoms with Crippen molar-refractivity contribution in [1.29, 1.82) is 0 Å². The van der Waals surface area contributed by atoms with Crippen molar-refractivity contribution in [3.8, 4) is 0 Å². The van der Waals surface area contributed by atoms with Gasteiger partial charge in [-0.05, 0) is 12.1 Å². The van der Waals surface area contributed by atoms with Gasteiger partial charge in [0.2, 0.25) is 0 Å². The first kappa shape index (κ1) is 15.3. The van der Waals surface area contributed by atoms with Gasteiger partial charge in [0, 0.05) is 40.7 Å². The predicted octanol–water partition coefficient (Wildman–Crippen LogP) is 2.36. The van der Waals surface area contributed by atoms with Crippen LogP contribution < -0.4 is 0 Å². The topological polar surface area (TPSA) is 83.7 Å².